The van der Waals surface area contributed by atoms with Gasteiger partial charge in [0, 0.05) is 19.3 Å². The van der Waals surface area contributed by atoms with Gasteiger partial charge in [-0.1, -0.05) is 154 Å². The smallest absolute Gasteiger partial charge is 0.306 e. The highest BCUT2D eigenvalue weighted by Gasteiger charge is 2.25. The summed E-state index contributed by atoms with van der Waals surface area (Å²) in [5.41, 5.74) is 0. The fourth-order valence-electron chi connectivity index (χ4n) is 6.24. The quantitative estimate of drug-likeness (QED) is 0.0269. The minimum absolute atomic E-state index is 0.0394. The molecule has 304 valence electrons. The fraction of sp³-hybridized carbons (Fsp3) is 0.841. The highest BCUT2D eigenvalue weighted by Crippen LogP contribution is 2.14. The third-order valence-electron chi connectivity index (χ3n) is 9.62. The van der Waals surface area contributed by atoms with Crippen LogP contribution in [-0.2, 0) is 28.6 Å². The van der Waals surface area contributed by atoms with E-state index < -0.39 is 18.1 Å². The summed E-state index contributed by atoms with van der Waals surface area (Å²) >= 11 is 0. The number of esters is 2. The molecular weight excluding hydrogens is 654 g/mol. The minimum atomic E-state index is -1.13. The minimum Gasteiger partial charge on any atom is -0.544 e. The van der Waals surface area contributed by atoms with Crippen LogP contribution >= 0.6 is 0 Å². The van der Waals surface area contributed by atoms with Crippen molar-refractivity contribution in [2.24, 2.45) is 0 Å². The maximum atomic E-state index is 12.7. The van der Waals surface area contributed by atoms with Crippen molar-refractivity contribution >= 4 is 17.9 Å². The number of aliphatic carboxylic acids is 1. The van der Waals surface area contributed by atoms with Gasteiger partial charge in [0.1, 0.15) is 12.6 Å². The van der Waals surface area contributed by atoms with Gasteiger partial charge in [-0.3, -0.25) is 9.59 Å². The molecule has 0 radical (unpaired) electrons. The Morgan fingerprint density at radius 2 is 1.00 bits per heavy atom. The number of rotatable bonds is 38. The van der Waals surface area contributed by atoms with Crippen molar-refractivity contribution in [1.29, 1.82) is 0 Å². The number of carboxylic acids is 1. The van der Waals surface area contributed by atoms with E-state index in [1.807, 2.05) is 0 Å². The fourth-order valence-corrected chi connectivity index (χ4v) is 6.24. The number of carbonyl (C=O) groups is 3. The average Bonchev–Trinajstić information content (AvgIpc) is 3.09. The molecule has 0 aromatic carbocycles. The normalized spacial score (nSPS) is 13.2. The first kappa shape index (κ1) is 49.8. The number of hydrogen-bond donors (Lipinski definition) is 0. The molecule has 0 amide bonds. The lowest BCUT2D eigenvalue weighted by atomic mass is 10.0. The summed E-state index contributed by atoms with van der Waals surface area (Å²) < 4.78 is 17.1. The van der Waals surface area contributed by atoms with Crippen LogP contribution in [0.2, 0.25) is 0 Å². The molecule has 0 rings (SSSR count). The molecular formula is C44H81NO7. The van der Waals surface area contributed by atoms with E-state index >= 15 is 0 Å². The molecule has 0 aromatic heterocycles. The maximum absolute atomic E-state index is 12.7. The number of likely N-dealkylation sites (N-methyl/N-ethyl adjacent to an activating group) is 1. The Balaban J connectivity index is 4.38. The van der Waals surface area contributed by atoms with Gasteiger partial charge >= 0.3 is 11.9 Å². The molecule has 0 aromatic rings. The lowest BCUT2D eigenvalue weighted by Gasteiger charge is -2.34. The van der Waals surface area contributed by atoms with Crippen LogP contribution in [0.1, 0.15) is 187 Å². The topological polar surface area (TPSA) is 102 Å². The second-order valence-corrected chi connectivity index (χ2v) is 15.6. The van der Waals surface area contributed by atoms with Gasteiger partial charge in [0.25, 0.3) is 0 Å². The summed E-state index contributed by atoms with van der Waals surface area (Å²) in [5, 5.41) is 11.6. The van der Waals surface area contributed by atoms with Crippen LogP contribution in [0.5, 0.6) is 0 Å². The summed E-state index contributed by atoms with van der Waals surface area (Å²) in [7, 11) is 5.40. The van der Waals surface area contributed by atoms with Gasteiger partial charge in [0.15, 0.2) is 6.10 Å². The number of carbonyl (C=O) groups excluding carboxylic acids is 3. The lowest BCUT2D eigenvalue weighted by molar-refractivity contribution is -0.889. The Bertz CT molecular complexity index is 911. The number of unbranched alkanes of at least 4 members (excludes halogenated alkanes) is 21. The number of ether oxygens (including phenoxy) is 3. The summed E-state index contributed by atoms with van der Waals surface area (Å²) in [5.74, 6) is -1.74. The number of quaternary nitrogens is 1. The first-order chi connectivity index (χ1) is 25.1. The van der Waals surface area contributed by atoms with Gasteiger partial charge in [-0.15, -0.1) is 0 Å². The number of hydrogen-bond acceptors (Lipinski definition) is 7. The second kappa shape index (κ2) is 35.8. The van der Waals surface area contributed by atoms with Gasteiger partial charge in [0.2, 0.25) is 0 Å². The molecule has 0 fully saturated rings. The van der Waals surface area contributed by atoms with Gasteiger partial charge in [-0.2, -0.15) is 0 Å². The van der Waals surface area contributed by atoms with Gasteiger partial charge in [0.05, 0.1) is 40.3 Å². The van der Waals surface area contributed by atoms with Crippen molar-refractivity contribution in [3.05, 3.63) is 24.3 Å². The molecule has 0 heterocycles. The summed E-state index contributed by atoms with van der Waals surface area (Å²) in [4.78, 5) is 36.8. The van der Waals surface area contributed by atoms with Gasteiger partial charge < -0.3 is 28.6 Å². The number of carboxylic acid groups (broad SMARTS) is 1. The summed E-state index contributed by atoms with van der Waals surface area (Å²) in [6.45, 7) is 4.62. The first-order valence-corrected chi connectivity index (χ1v) is 21.4. The Morgan fingerprint density at radius 3 is 1.48 bits per heavy atom. The van der Waals surface area contributed by atoms with E-state index in [4.69, 9.17) is 14.2 Å². The van der Waals surface area contributed by atoms with E-state index in [1.165, 1.54) is 96.3 Å². The molecule has 0 N–H and O–H groups in total. The second-order valence-electron chi connectivity index (χ2n) is 15.6. The van der Waals surface area contributed by atoms with Crippen molar-refractivity contribution in [2.45, 2.75) is 199 Å². The van der Waals surface area contributed by atoms with Crippen LogP contribution < -0.4 is 5.11 Å². The van der Waals surface area contributed by atoms with Crippen LogP contribution in [0.4, 0.5) is 0 Å². The van der Waals surface area contributed by atoms with Gasteiger partial charge in [-0.25, -0.2) is 0 Å². The van der Waals surface area contributed by atoms with E-state index in [1.54, 1.807) is 21.1 Å². The molecule has 0 aliphatic heterocycles. The van der Waals surface area contributed by atoms with Crippen molar-refractivity contribution in [3.8, 4) is 0 Å². The van der Waals surface area contributed by atoms with E-state index in [0.717, 1.165) is 57.8 Å². The lowest BCUT2D eigenvalue weighted by Crippen LogP contribution is -2.55. The zero-order valence-corrected chi connectivity index (χ0v) is 34.5. The highest BCUT2D eigenvalue weighted by atomic mass is 16.6. The van der Waals surface area contributed by atoms with E-state index in [9.17, 15) is 19.5 Å². The summed E-state index contributed by atoms with van der Waals surface area (Å²) in [6, 6.07) is -0.724. The highest BCUT2D eigenvalue weighted by molar-refractivity contribution is 5.70. The third kappa shape index (κ3) is 33.6. The average molecular weight is 736 g/mol. The molecule has 0 saturated heterocycles. The largest absolute Gasteiger partial charge is 0.544 e. The molecule has 0 aliphatic carbocycles. The van der Waals surface area contributed by atoms with E-state index in [2.05, 4.69) is 38.2 Å². The Morgan fingerprint density at radius 1 is 0.577 bits per heavy atom. The zero-order chi connectivity index (χ0) is 38.5. The molecule has 8 heteroatoms. The van der Waals surface area contributed by atoms with Crippen LogP contribution in [0.3, 0.4) is 0 Å². The third-order valence-corrected chi connectivity index (χ3v) is 9.62. The van der Waals surface area contributed by atoms with Crippen LogP contribution in [-0.4, -0.2) is 75.5 Å². The Labute approximate surface area is 320 Å². The Hall–Kier alpha value is -2.19. The van der Waals surface area contributed by atoms with Crippen molar-refractivity contribution in [3.63, 3.8) is 0 Å². The SMILES string of the molecule is CCCCC/C=C/C=C/CCCCCCCCC(=O)OC(COCCC(C(=O)[O-])[N+](C)(C)C)COC(=O)CCCCCCCCCCCCCCC. The van der Waals surface area contributed by atoms with Crippen LogP contribution in [0.25, 0.3) is 0 Å². The van der Waals surface area contributed by atoms with Crippen molar-refractivity contribution < 1.29 is 38.2 Å². The molecule has 2 atom stereocenters. The van der Waals surface area contributed by atoms with Crippen LogP contribution in [0.15, 0.2) is 24.3 Å². The standard InChI is InChI=1S/C44H81NO7/c1-6-8-10-12-14-16-18-20-21-23-25-27-29-31-33-35-43(47)52-40(38-50-37-36-41(44(48)49)45(3,4)5)39-51-42(46)34-32-30-28-26-24-22-19-17-15-13-11-9-7-2/h14,16,18,20,40-41H,6-13,15,17,19,21-39H2,1-5H3/b16-14+,20-18+. The van der Waals surface area contributed by atoms with Crippen LogP contribution in [0, 0.1) is 0 Å². The van der Waals surface area contributed by atoms with Crippen molar-refractivity contribution in [2.75, 3.05) is 41.0 Å². The molecule has 52 heavy (non-hydrogen) atoms. The molecule has 0 spiro atoms. The number of allylic oxidation sites excluding steroid dienone is 4. The zero-order valence-electron chi connectivity index (χ0n) is 34.5. The molecule has 0 saturated carbocycles. The molecule has 0 bridgehead atoms. The van der Waals surface area contributed by atoms with Gasteiger partial charge in [-0.05, 0) is 38.5 Å². The molecule has 8 nitrogen and oxygen atoms in total. The predicted octanol–water partition coefficient (Wildman–Crippen LogP) is 9.97. The first-order valence-electron chi connectivity index (χ1n) is 21.4. The number of nitrogens with zero attached hydrogens (tertiary/aromatic N) is 1. The summed E-state index contributed by atoms with van der Waals surface area (Å²) in [6.07, 6.45) is 37.6. The van der Waals surface area contributed by atoms with Crippen molar-refractivity contribution in [1.82, 2.24) is 0 Å². The molecule has 0 aliphatic rings. The molecule has 2 unspecified atom stereocenters. The van der Waals surface area contributed by atoms with E-state index in [-0.39, 0.29) is 42.7 Å². The predicted molar refractivity (Wildman–Crippen MR) is 213 cm³/mol. The monoisotopic (exact) mass is 736 g/mol. The Kier molecular flexibility index (Phi) is 34.3. The maximum Gasteiger partial charge on any atom is 0.306 e. The van der Waals surface area contributed by atoms with E-state index in [0.29, 0.717) is 12.8 Å².